The van der Waals surface area contributed by atoms with Crippen molar-refractivity contribution in [1.82, 2.24) is 5.32 Å². The molecule has 2 heteroatoms. The Hall–Kier alpha value is -0.530. The summed E-state index contributed by atoms with van der Waals surface area (Å²) in [5.74, 6) is 0. The van der Waals surface area contributed by atoms with E-state index in [-0.39, 0.29) is 5.41 Å². The van der Waals surface area contributed by atoms with Crippen LogP contribution in [-0.2, 0) is 0 Å². The van der Waals surface area contributed by atoms with Crippen LogP contribution in [0.1, 0.15) is 52.1 Å². The first-order valence-electron chi connectivity index (χ1n) is 6.50. The molecule has 0 radical (unpaired) electrons. The van der Waals surface area contributed by atoms with Crippen LogP contribution in [0.5, 0.6) is 0 Å². The van der Waals surface area contributed by atoms with Crippen LogP contribution in [0.4, 0.5) is 0 Å². The predicted octanol–water partition coefficient (Wildman–Crippen LogP) is 4.82. The van der Waals surface area contributed by atoms with Crippen molar-refractivity contribution in [2.75, 3.05) is 6.54 Å². The maximum Gasteiger partial charge on any atom is 0.0454 e. The first kappa shape index (κ1) is 14.5. The zero-order valence-electron chi connectivity index (χ0n) is 11.4. The standard InChI is InChI=1S/C15H24ClN/c1-5-11-17-14(15(3,4)6-2)12-9-7-8-10-13(12)16/h7-10,14,17H,5-6,11H2,1-4H3. The van der Waals surface area contributed by atoms with Gasteiger partial charge in [-0.05, 0) is 36.4 Å². The van der Waals surface area contributed by atoms with Gasteiger partial charge >= 0.3 is 0 Å². The van der Waals surface area contributed by atoms with Gasteiger partial charge in [-0.25, -0.2) is 0 Å². The third-order valence-corrected chi connectivity index (χ3v) is 3.85. The summed E-state index contributed by atoms with van der Waals surface area (Å²) >= 11 is 6.32. The Bertz CT molecular complexity index is 347. The van der Waals surface area contributed by atoms with E-state index in [0.717, 1.165) is 24.4 Å². The van der Waals surface area contributed by atoms with Crippen molar-refractivity contribution in [3.05, 3.63) is 34.9 Å². The summed E-state index contributed by atoms with van der Waals surface area (Å²) in [5.41, 5.74) is 1.43. The third kappa shape index (κ3) is 3.72. The van der Waals surface area contributed by atoms with Gasteiger partial charge in [-0.1, -0.05) is 57.5 Å². The van der Waals surface area contributed by atoms with Crippen molar-refractivity contribution in [2.24, 2.45) is 5.41 Å². The minimum Gasteiger partial charge on any atom is -0.309 e. The summed E-state index contributed by atoms with van der Waals surface area (Å²) in [6, 6.07) is 8.48. The molecule has 0 bridgehead atoms. The molecule has 1 aromatic rings. The second kappa shape index (κ2) is 6.42. The highest BCUT2D eigenvalue weighted by atomic mass is 35.5. The van der Waals surface area contributed by atoms with Crippen molar-refractivity contribution < 1.29 is 0 Å². The van der Waals surface area contributed by atoms with Gasteiger partial charge in [-0.2, -0.15) is 0 Å². The van der Waals surface area contributed by atoms with E-state index in [1.165, 1.54) is 5.56 Å². The molecule has 0 spiro atoms. The van der Waals surface area contributed by atoms with Crippen molar-refractivity contribution >= 4 is 11.6 Å². The van der Waals surface area contributed by atoms with Gasteiger partial charge in [0.2, 0.25) is 0 Å². The summed E-state index contributed by atoms with van der Waals surface area (Å²) in [5, 5.41) is 4.50. The number of nitrogens with one attached hydrogen (secondary N) is 1. The lowest BCUT2D eigenvalue weighted by Crippen LogP contribution is -2.34. The summed E-state index contributed by atoms with van der Waals surface area (Å²) in [6.07, 6.45) is 2.26. The normalized spacial score (nSPS) is 13.7. The van der Waals surface area contributed by atoms with E-state index in [0.29, 0.717) is 6.04 Å². The summed E-state index contributed by atoms with van der Waals surface area (Å²) in [7, 11) is 0. The zero-order valence-corrected chi connectivity index (χ0v) is 12.1. The molecule has 0 fully saturated rings. The van der Waals surface area contributed by atoms with Crippen molar-refractivity contribution in [1.29, 1.82) is 0 Å². The summed E-state index contributed by atoms with van der Waals surface area (Å²) in [6.45, 7) is 10.0. The molecule has 96 valence electrons. The van der Waals surface area contributed by atoms with Gasteiger partial charge in [0.25, 0.3) is 0 Å². The molecule has 1 rings (SSSR count). The molecule has 1 aromatic carbocycles. The van der Waals surface area contributed by atoms with Crippen LogP contribution < -0.4 is 5.32 Å². The Labute approximate surface area is 111 Å². The lowest BCUT2D eigenvalue weighted by molar-refractivity contribution is 0.235. The lowest BCUT2D eigenvalue weighted by Gasteiger charge is -2.35. The van der Waals surface area contributed by atoms with E-state index in [1.54, 1.807) is 0 Å². The molecule has 0 aromatic heterocycles. The Morgan fingerprint density at radius 3 is 2.41 bits per heavy atom. The number of hydrogen-bond donors (Lipinski definition) is 1. The average Bonchev–Trinajstić information content (AvgIpc) is 2.31. The van der Waals surface area contributed by atoms with E-state index in [4.69, 9.17) is 11.6 Å². The molecule has 0 amide bonds. The highest BCUT2D eigenvalue weighted by Crippen LogP contribution is 2.38. The maximum atomic E-state index is 6.32. The number of hydrogen-bond acceptors (Lipinski definition) is 1. The van der Waals surface area contributed by atoms with Gasteiger partial charge in [0.1, 0.15) is 0 Å². The van der Waals surface area contributed by atoms with E-state index in [2.05, 4.69) is 45.1 Å². The summed E-state index contributed by atoms with van der Waals surface area (Å²) in [4.78, 5) is 0. The molecule has 0 aliphatic heterocycles. The number of halogens is 1. The first-order chi connectivity index (χ1) is 8.03. The van der Waals surface area contributed by atoms with E-state index >= 15 is 0 Å². The van der Waals surface area contributed by atoms with E-state index in [1.807, 2.05) is 12.1 Å². The minimum absolute atomic E-state index is 0.208. The second-order valence-corrected chi connectivity index (χ2v) is 5.66. The van der Waals surface area contributed by atoms with E-state index in [9.17, 15) is 0 Å². The number of benzene rings is 1. The molecule has 0 heterocycles. The SMILES string of the molecule is CCCNC(c1ccccc1Cl)C(C)(C)CC. The van der Waals surface area contributed by atoms with Gasteiger partial charge < -0.3 is 5.32 Å². The van der Waals surface area contributed by atoms with Gasteiger partial charge in [0.15, 0.2) is 0 Å². The Kier molecular flexibility index (Phi) is 5.48. The smallest absolute Gasteiger partial charge is 0.0454 e. The number of rotatable bonds is 6. The summed E-state index contributed by atoms with van der Waals surface area (Å²) < 4.78 is 0. The molecule has 17 heavy (non-hydrogen) atoms. The van der Waals surface area contributed by atoms with Crippen LogP contribution in [0.15, 0.2) is 24.3 Å². The van der Waals surface area contributed by atoms with Gasteiger partial charge in [0, 0.05) is 11.1 Å². The molecule has 1 unspecified atom stereocenters. The van der Waals surface area contributed by atoms with Crippen molar-refractivity contribution in [3.63, 3.8) is 0 Å². The largest absolute Gasteiger partial charge is 0.309 e. The zero-order chi connectivity index (χ0) is 12.9. The van der Waals surface area contributed by atoms with Crippen LogP contribution in [0.3, 0.4) is 0 Å². The molecular formula is C15H24ClN. The van der Waals surface area contributed by atoms with Crippen LogP contribution in [0, 0.1) is 5.41 Å². The molecule has 1 nitrogen and oxygen atoms in total. The van der Waals surface area contributed by atoms with E-state index < -0.39 is 0 Å². The fraction of sp³-hybridized carbons (Fsp3) is 0.600. The molecule has 0 aliphatic rings. The van der Waals surface area contributed by atoms with Gasteiger partial charge in [-0.15, -0.1) is 0 Å². The predicted molar refractivity (Wildman–Crippen MR) is 76.6 cm³/mol. The highest BCUT2D eigenvalue weighted by molar-refractivity contribution is 6.31. The minimum atomic E-state index is 0.208. The van der Waals surface area contributed by atoms with Crippen LogP contribution in [-0.4, -0.2) is 6.54 Å². The molecule has 0 aliphatic carbocycles. The first-order valence-corrected chi connectivity index (χ1v) is 6.88. The average molecular weight is 254 g/mol. The van der Waals surface area contributed by atoms with Crippen LogP contribution in [0.25, 0.3) is 0 Å². The molecule has 0 saturated heterocycles. The molecular weight excluding hydrogens is 230 g/mol. The Balaban J connectivity index is 3.02. The molecule has 1 N–H and O–H groups in total. The Morgan fingerprint density at radius 1 is 1.24 bits per heavy atom. The van der Waals surface area contributed by atoms with Crippen LogP contribution in [0.2, 0.25) is 5.02 Å². The third-order valence-electron chi connectivity index (χ3n) is 3.51. The maximum absolute atomic E-state index is 6.32. The lowest BCUT2D eigenvalue weighted by atomic mass is 9.78. The Morgan fingerprint density at radius 2 is 1.88 bits per heavy atom. The van der Waals surface area contributed by atoms with Crippen molar-refractivity contribution in [2.45, 2.75) is 46.6 Å². The van der Waals surface area contributed by atoms with Crippen LogP contribution >= 0.6 is 11.6 Å². The quantitative estimate of drug-likeness (QED) is 0.767. The topological polar surface area (TPSA) is 12.0 Å². The fourth-order valence-corrected chi connectivity index (χ4v) is 2.25. The van der Waals surface area contributed by atoms with Crippen molar-refractivity contribution in [3.8, 4) is 0 Å². The molecule has 0 saturated carbocycles. The van der Waals surface area contributed by atoms with Gasteiger partial charge in [0.05, 0.1) is 0 Å². The second-order valence-electron chi connectivity index (χ2n) is 5.25. The molecule has 1 atom stereocenters. The monoisotopic (exact) mass is 253 g/mol. The van der Waals surface area contributed by atoms with Gasteiger partial charge in [-0.3, -0.25) is 0 Å². The highest BCUT2D eigenvalue weighted by Gasteiger charge is 2.29. The fourth-order valence-electron chi connectivity index (χ4n) is 2.01.